The van der Waals surface area contributed by atoms with Gasteiger partial charge in [-0.25, -0.2) is 0 Å². The summed E-state index contributed by atoms with van der Waals surface area (Å²) in [6, 6.07) is 10.9. The van der Waals surface area contributed by atoms with Crippen LogP contribution in [0.2, 0.25) is 0 Å². The molecular weight excluding hydrogens is 354 g/mol. The van der Waals surface area contributed by atoms with Crippen LogP contribution in [0.25, 0.3) is 0 Å². The van der Waals surface area contributed by atoms with Gasteiger partial charge in [0.1, 0.15) is 6.54 Å². The Morgan fingerprint density at radius 2 is 1.48 bits per heavy atom. The zero-order valence-electron chi connectivity index (χ0n) is 19.6. The molecule has 1 atom stereocenters. The number of hydrogen-bond acceptors (Lipinski definition) is 1. The summed E-state index contributed by atoms with van der Waals surface area (Å²) in [6.45, 7) is 4.62. The maximum Gasteiger partial charge on any atom is 0.104 e. The van der Waals surface area contributed by atoms with Crippen molar-refractivity contribution in [2.45, 2.75) is 103 Å². The fraction of sp³-hybridized carbons (Fsp3) is 0.704. The third-order valence-electron chi connectivity index (χ3n) is 5.80. The first-order valence-corrected chi connectivity index (χ1v) is 12.2. The second kappa shape index (κ2) is 16.7. The van der Waals surface area contributed by atoms with Crippen molar-refractivity contribution in [2.75, 3.05) is 20.6 Å². The molecule has 0 saturated carbocycles. The van der Waals surface area contributed by atoms with Gasteiger partial charge in [0.2, 0.25) is 0 Å². The van der Waals surface area contributed by atoms with E-state index in [0.29, 0.717) is 0 Å². The van der Waals surface area contributed by atoms with Crippen molar-refractivity contribution in [1.82, 2.24) is 0 Å². The summed E-state index contributed by atoms with van der Waals surface area (Å²) >= 11 is 0. The van der Waals surface area contributed by atoms with Gasteiger partial charge in [0.25, 0.3) is 0 Å². The van der Waals surface area contributed by atoms with Gasteiger partial charge in [-0.3, -0.25) is 0 Å². The number of aliphatic hydroxyl groups is 1. The number of rotatable bonds is 18. The lowest BCUT2D eigenvalue weighted by Crippen LogP contribution is -2.39. The SMILES string of the molecule is CCCCCC[C@@H](O)CC=CCCCCCCCC[N+](C)(C)Cc1ccccc1. The molecule has 0 unspecified atom stereocenters. The summed E-state index contributed by atoms with van der Waals surface area (Å²) in [5, 5.41) is 9.96. The Labute approximate surface area is 181 Å². The molecule has 0 aliphatic heterocycles. The zero-order valence-corrected chi connectivity index (χ0v) is 19.6. The van der Waals surface area contributed by atoms with Crippen molar-refractivity contribution in [1.29, 1.82) is 0 Å². The van der Waals surface area contributed by atoms with Gasteiger partial charge in [-0.05, 0) is 38.5 Å². The highest BCUT2D eigenvalue weighted by Crippen LogP contribution is 2.13. The van der Waals surface area contributed by atoms with E-state index in [1.807, 2.05) is 0 Å². The van der Waals surface area contributed by atoms with Crippen molar-refractivity contribution in [3.8, 4) is 0 Å². The first-order chi connectivity index (χ1) is 14.0. The quantitative estimate of drug-likeness (QED) is 0.155. The molecule has 166 valence electrons. The van der Waals surface area contributed by atoms with Crippen LogP contribution in [-0.4, -0.2) is 36.3 Å². The minimum Gasteiger partial charge on any atom is -0.393 e. The summed E-state index contributed by atoms with van der Waals surface area (Å²) in [7, 11) is 4.70. The molecule has 2 nitrogen and oxygen atoms in total. The Balaban J connectivity index is 1.93. The Hall–Kier alpha value is -1.12. The molecule has 1 N–H and O–H groups in total. The second-order valence-electron chi connectivity index (χ2n) is 9.42. The minimum atomic E-state index is -0.132. The monoisotopic (exact) mass is 402 g/mol. The van der Waals surface area contributed by atoms with Crippen LogP contribution < -0.4 is 0 Å². The molecule has 29 heavy (non-hydrogen) atoms. The van der Waals surface area contributed by atoms with Crippen LogP contribution >= 0.6 is 0 Å². The number of unbranched alkanes of at least 4 members (excludes halogenated alkanes) is 9. The number of nitrogens with zero attached hydrogens (tertiary/aromatic N) is 1. The maximum absolute atomic E-state index is 9.96. The Bertz CT molecular complexity index is 509. The predicted octanol–water partition coefficient (Wildman–Crippen LogP) is 7.27. The predicted molar refractivity (Wildman–Crippen MR) is 128 cm³/mol. The van der Waals surface area contributed by atoms with Crippen LogP contribution in [-0.2, 0) is 6.54 Å². The lowest BCUT2D eigenvalue weighted by molar-refractivity contribution is -0.903. The van der Waals surface area contributed by atoms with Gasteiger partial charge < -0.3 is 9.59 Å². The van der Waals surface area contributed by atoms with E-state index in [1.165, 1.54) is 82.7 Å². The topological polar surface area (TPSA) is 20.2 Å². The van der Waals surface area contributed by atoms with Gasteiger partial charge in [0.05, 0.1) is 26.7 Å². The highest BCUT2D eigenvalue weighted by atomic mass is 16.3. The van der Waals surface area contributed by atoms with E-state index in [1.54, 1.807) is 0 Å². The third-order valence-corrected chi connectivity index (χ3v) is 5.80. The molecule has 0 spiro atoms. The minimum absolute atomic E-state index is 0.132. The molecule has 0 aromatic heterocycles. The normalized spacial score (nSPS) is 13.2. The summed E-state index contributed by atoms with van der Waals surface area (Å²) in [5.74, 6) is 0. The van der Waals surface area contributed by atoms with Gasteiger partial charge in [-0.1, -0.05) is 94.4 Å². The number of aliphatic hydroxyl groups excluding tert-OH is 1. The second-order valence-corrected chi connectivity index (χ2v) is 9.42. The zero-order chi connectivity index (χ0) is 21.2. The summed E-state index contributed by atoms with van der Waals surface area (Å²) < 4.78 is 1.08. The van der Waals surface area contributed by atoms with Gasteiger partial charge >= 0.3 is 0 Å². The number of allylic oxidation sites excluding steroid dienone is 1. The number of quaternary nitrogens is 1. The van der Waals surface area contributed by atoms with Crippen LogP contribution in [0.5, 0.6) is 0 Å². The van der Waals surface area contributed by atoms with E-state index in [4.69, 9.17) is 0 Å². The lowest BCUT2D eigenvalue weighted by atomic mass is 10.1. The van der Waals surface area contributed by atoms with E-state index in [9.17, 15) is 5.11 Å². The molecule has 0 amide bonds. The fourth-order valence-electron chi connectivity index (χ4n) is 3.96. The van der Waals surface area contributed by atoms with E-state index in [0.717, 1.165) is 23.9 Å². The maximum atomic E-state index is 9.96. The molecule has 1 aromatic rings. The van der Waals surface area contributed by atoms with Crippen molar-refractivity contribution in [2.24, 2.45) is 0 Å². The Kier molecular flexibility index (Phi) is 14.9. The first kappa shape index (κ1) is 25.9. The third kappa shape index (κ3) is 15.4. The standard InChI is InChI=1S/C27H48NO/c1-4-5-6-17-22-27(29)23-18-12-10-8-7-9-11-13-19-24-28(2,3)25-26-20-15-14-16-21-26/h12,14-16,18,20-21,27,29H,4-11,13,17,19,22-25H2,1-3H3/q+1/t27-/m1/s1. The van der Waals surface area contributed by atoms with E-state index in [2.05, 4.69) is 63.5 Å². The van der Waals surface area contributed by atoms with Crippen molar-refractivity contribution >= 4 is 0 Å². The smallest absolute Gasteiger partial charge is 0.104 e. The molecule has 2 heteroatoms. The first-order valence-electron chi connectivity index (χ1n) is 12.2. The largest absolute Gasteiger partial charge is 0.393 e. The van der Waals surface area contributed by atoms with Gasteiger partial charge in [0, 0.05) is 5.56 Å². The van der Waals surface area contributed by atoms with E-state index < -0.39 is 0 Å². The Morgan fingerprint density at radius 3 is 2.21 bits per heavy atom. The van der Waals surface area contributed by atoms with Crippen LogP contribution in [0, 0.1) is 0 Å². The average molecular weight is 403 g/mol. The Morgan fingerprint density at radius 1 is 0.828 bits per heavy atom. The number of hydrogen-bond donors (Lipinski definition) is 1. The molecular formula is C27H48NO+. The summed E-state index contributed by atoms with van der Waals surface area (Å²) in [6.07, 6.45) is 20.4. The molecule has 0 aliphatic rings. The number of benzene rings is 1. The van der Waals surface area contributed by atoms with Gasteiger partial charge in [-0.15, -0.1) is 0 Å². The molecule has 1 aromatic carbocycles. The van der Waals surface area contributed by atoms with Crippen LogP contribution in [0.1, 0.15) is 96.0 Å². The molecule has 0 radical (unpaired) electrons. The van der Waals surface area contributed by atoms with E-state index >= 15 is 0 Å². The summed E-state index contributed by atoms with van der Waals surface area (Å²) in [5.41, 5.74) is 1.44. The molecule has 0 heterocycles. The van der Waals surface area contributed by atoms with E-state index in [-0.39, 0.29) is 6.10 Å². The molecule has 1 rings (SSSR count). The molecule has 0 saturated heterocycles. The fourth-order valence-corrected chi connectivity index (χ4v) is 3.96. The van der Waals surface area contributed by atoms with Crippen LogP contribution in [0.4, 0.5) is 0 Å². The van der Waals surface area contributed by atoms with Gasteiger partial charge in [-0.2, -0.15) is 0 Å². The highest BCUT2D eigenvalue weighted by molar-refractivity contribution is 5.13. The van der Waals surface area contributed by atoms with Crippen molar-refractivity contribution in [3.05, 3.63) is 48.0 Å². The molecule has 0 bridgehead atoms. The molecule has 0 fully saturated rings. The van der Waals surface area contributed by atoms with Crippen LogP contribution in [0.3, 0.4) is 0 Å². The van der Waals surface area contributed by atoms with Crippen molar-refractivity contribution in [3.63, 3.8) is 0 Å². The lowest BCUT2D eigenvalue weighted by Gasteiger charge is -2.30. The van der Waals surface area contributed by atoms with Gasteiger partial charge in [0.15, 0.2) is 0 Å². The van der Waals surface area contributed by atoms with Crippen LogP contribution in [0.15, 0.2) is 42.5 Å². The summed E-state index contributed by atoms with van der Waals surface area (Å²) in [4.78, 5) is 0. The average Bonchev–Trinajstić information content (AvgIpc) is 2.70. The molecule has 0 aliphatic carbocycles. The van der Waals surface area contributed by atoms with Crippen molar-refractivity contribution < 1.29 is 9.59 Å². The highest BCUT2D eigenvalue weighted by Gasteiger charge is 2.14.